The highest BCUT2D eigenvalue weighted by Crippen LogP contribution is 2.40. The summed E-state index contributed by atoms with van der Waals surface area (Å²) in [6, 6.07) is 5.00. The van der Waals surface area contributed by atoms with E-state index in [-0.39, 0.29) is 38.9 Å². The highest BCUT2D eigenvalue weighted by Gasteiger charge is 2.28. The lowest BCUT2D eigenvalue weighted by Crippen LogP contribution is -2.48. The van der Waals surface area contributed by atoms with Gasteiger partial charge in [-0.05, 0) is 63.2 Å². The van der Waals surface area contributed by atoms with Crippen molar-refractivity contribution < 1.29 is 18.3 Å². The first-order valence-corrected chi connectivity index (χ1v) is 14.4. The number of nitrogens with two attached hydrogens (primary N) is 1. The first-order chi connectivity index (χ1) is 19.7. The van der Waals surface area contributed by atoms with Crippen LogP contribution in [0.1, 0.15) is 18.4 Å². The van der Waals surface area contributed by atoms with Gasteiger partial charge in [-0.3, -0.25) is 4.79 Å². The van der Waals surface area contributed by atoms with Crippen molar-refractivity contribution in [3.05, 3.63) is 48.1 Å². The van der Waals surface area contributed by atoms with Crippen LogP contribution in [0.2, 0.25) is 0 Å². The van der Waals surface area contributed by atoms with Crippen LogP contribution < -0.4 is 15.4 Å². The second kappa shape index (κ2) is 10.8. The number of carbonyl (C=O) groups is 1. The number of benzene rings is 2. The number of nitrogen functional groups attached to an aromatic ring is 1. The number of hydrogen-bond acceptors (Lipinski definition) is 9. The number of ether oxygens (including phenoxy) is 1. The monoisotopic (exact) mass is 579 g/mol. The number of thiazole rings is 1. The molecule has 0 spiro atoms. The second-order valence-electron chi connectivity index (χ2n) is 10.5. The van der Waals surface area contributed by atoms with Gasteiger partial charge in [-0.25, -0.2) is 13.8 Å². The number of aryl methyl sites for hydroxylation is 1. The van der Waals surface area contributed by atoms with Gasteiger partial charge in [0.25, 0.3) is 0 Å². The van der Waals surface area contributed by atoms with Crippen LogP contribution in [-0.4, -0.2) is 83.1 Å². The molecule has 2 aliphatic heterocycles. The predicted molar refractivity (Wildman–Crippen MR) is 157 cm³/mol. The zero-order valence-corrected chi connectivity index (χ0v) is 23.8. The average molecular weight is 580 g/mol. The molecule has 2 N–H and O–H groups in total. The van der Waals surface area contributed by atoms with E-state index in [9.17, 15) is 9.18 Å². The Balaban J connectivity index is 1.47. The Morgan fingerprint density at radius 1 is 1.17 bits per heavy atom. The third kappa shape index (κ3) is 4.95. The number of aromatic nitrogens is 3. The molecule has 9 nitrogen and oxygen atoms in total. The molecule has 12 heteroatoms. The molecule has 4 aromatic rings. The number of rotatable bonds is 6. The SMILES string of the molecule is C=CC(=O)N1CCN(c2nc(OC[C@@H]3CCCN3C)nc3c(F)c(-c4ccc(F)c5sc(N)nc45)c(C)cc23)CC1. The molecule has 0 unspecified atom stereocenters. The van der Waals surface area contributed by atoms with Gasteiger partial charge in [-0.1, -0.05) is 17.9 Å². The van der Waals surface area contributed by atoms with Crippen LogP contribution in [-0.2, 0) is 4.79 Å². The van der Waals surface area contributed by atoms with Gasteiger partial charge in [0.2, 0.25) is 5.91 Å². The number of anilines is 2. The molecule has 214 valence electrons. The van der Waals surface area contributed by atoms with Crippen molar-refractivity contribution >= 4 is 49.3 Å². The number of carbonyl (C=O) groups excluding carboxylic acids is 1. The Bertz CT molecular complexity index is 1670. The molecule has 41 heavy (non-hydrogen) atoms. The molecular weight excluding hydrogens is 548 g/mol. The Morgan fingerprint density at radius 3 is 2.66 bits per heavy atom. The summed E-state index contributed by atoms with van der Waals surface area (Å²) in [5.41, 5.74) is 7.66. The van der Waals surface area contributed by atoms with Gasteiger partial charge in [0, 0.05) is 48.7 Å². The molecule has 1 atom stereocenters. The summed E-state index contributed by atoms with van der Waals surface area (Å²) in [5.74, 6) is -0.595. The van der Waals surface area contributed by atoms with Gasteiger partial charge in [-0.2, -0.15) is 9.97 Å². The highest BCUT2D eigenvalue weighted by atomic mass is 32.1. The largest absolute Gasteiger partial charge is 0.462 e. The Morgan fingerprint density at radius 2 is 1.95 bits per heavy atom. The summed E-state index contributed by atoms with van der Waals surface area (Å²) in [4.78, 5) is 31.8. The number of likely N-dealkylation sites (tertiary alicyclic amines) is 1. The van der Waals surface area contributed by atoms with Crippen molar-refractivity contribution in [2.75, 3.05) is 57.0 Å². The van der Waals surface area contributed by atoms with Crippen molar-refractivity contribution in [2.45, 2.75) is 25.8 Å². The third-order valence-corrected chi connectivity index (χ3v) is 8.90. The summed E-state index contributed by atoms with van der Waals surface area (Å²) in [6.45, 7) is 8.75. The van der Waals surface area contributed by atoms with E-state index in [2.05, 4.69) is 28.5 Å². The first kappa shape index (κ1) is 27.3. The second-order valence-corrected chi connectivity index (χ2v) is 11.6. The molecule has 2 aliphatic rings. The molecular formula is C29H31F2N7O2S. The highest BCUT2D eigenvalue weighted by molar-refractivity contribution is 7.22. The van der Waals surface area contributed by atoms with E-state index < -0.39 is 11.6 Å². The quantitative estimate of drug-likeness (QED) is 0.336. The normalized spacial score (nSPS) is 18.0. The third-order valence-electron chi connectivity index (χ3n) is 8.01. The fraction of sp³-hybridized carbons (Fsp3) is 0.379. The number of halogens is 2. The molecule has 2 aromatic carbocycles. The molecule has 1 amide bonds. The number of piperazine rings is 1. The van der Waals surface area contributed by atoms with Crippen LogP contribution in [0, 0.1) is 18.6 Å². The van der Waals surface area contributed by atoms with Crippen molar-refractivity contribution in [2.24, 2.45) is 0 Å². The van der Waals surface area contributed by atoms with Crippen molar-refractivity contribution in [1.29, 1.82) is 0 Å². The maximum atomic E-state index is 16.6. The van der Waals surface area contributed by atoms with Crippen LogP contribution in [0.4, 0.5) is 19.7 Å². The van der Waals surface area contributed by atoms with Gasteiger partial charge in [-0.15, -0.1) is 0 Å². The van der Waals surface area contributed by atoms with Crippen LogP contribution in [0.3, 0.4) is 0 Å². The number of likely N-dealkylation sites (N-methyl/N-ethyl adjacent to an activating group) is 1. The molecule has 0 saturated carbocycles. The van der Waals surface area contributed by atoms with Gasteiger partial charge < -0.3 is 25.2 Å². The maximum Gasteiger partial charge on any atom is 0.319 e. The van der Waals surface area contributed by atoms with Gasteiger partial charge in [0.15, 0.2) is 10.9 Å². The Hall–Kier alpha value is -3.90. The lowest BCUT2D eigenvalue weighted by molar-refractivity contribution is -0.126. The van der Waals surface area contributed by atoms with Crippen LogP contribution >= 0.6 is 11.3 Å². The fourth-order valence-corrected chi connectivity index (χ4v) is 6.54. The molecule has 0 radical (unpaired) electrons. The van der Waals surface area contributed by atoms with E-state index in [0.717, 1.165) is 30.7 Å². The molecule has 2 saturated heterocycles. The van der Waals surface area contributed by atoms with E-state index in [0.29, 0.717) is 60.6 Å². The van der Waals surface area contributed by atoms with Gasteiger partial charge in [0.05, 0.1) is 10.2 Å². The van der Waals surface area contributed by atoms with E-state index >= 15 is 4.39 Å². The fourth-order valence-electron chi connectivity index (χ4n) is 5.78. The van der Waals surface area contributed by atoms with Gasteiger partial charge >= 0.3 is 6.01 Å². The lowest BCUT2D eigenvalue weighted by atomic mass is 9.96. The first-order valence-electron chi connectivity index (χ1n) is 13.6. The minimum atomic E-state index is -0.563. The van der Waals surface area contributed by atoms with Crippen LogP contribution in [0.15, 0.2) is 30.9 Å². The maximum absolute atomic E-state index is 16.6. The molecule has 2 fully saturated rings. The van der Waals surface area contributed by atoms with E-state index in [1.165, 1.54) is 18.2 Å². The number of fused-ring (bicyclic) bond motifs is 2. The zero-order chi connectivity index (χ0) is 28.8. The lowest BCUT2D eigenvalue weighted by Gasteiger charge is -2.35. The smallest absolute Gasteiger partial charge is 0.319 e. The van der Waals surface area contributed by atoms with Crippen LogP contribution in [0.25, 0.3) is 32.2 Å². The minimum absolute atomic E-state index is 0.0910. The summed E-state index contributed by atoms with van der Waals surface area (Å²) < 4.78 is 37.5. The minimum Gasteiger partial charge on any atom is -0.462 e. The standard InChI is InChI=1S/C29H31F2N7O2S/c1-4-21(39)37-10-12-38(13-11-37)27-19-14-16(2)22(18-7-8-20(30)26-25(18)33-28(32)41-26)23(31)24(19)34-29(35-27)40-15-17-6-5-9-36(17)3/h4,7-8,14,17H,1,5-6,9-13,15H2,2-3H3,(H2,32,33)/t17-/m0/s1. The summed E-state index contributed by atoms with van der Waals surface area (Å²) >= 11 is 1.03. The Labute approximate surface area is 240 Å². The topological polar surface area (TPSA) is 101 Å². The van der Waals surface area contributed by atoms with Crippen molar-refractivity contribution in [3.8, 4) is 17.1 Å². The van der Waals surface area contributed by atoms with E-state index in [1.807, 2.05) is 11.0 Å². The molecule has 0 bridgehead atoms. The van der Waals surface area contributed by atoms with Gasteiger partial charge in [0.1, 0.15) is 23.8 Å². The van der Waals surface area contributed by atoms with Crippen molar-refractivity contribution in [1.82, 2.24) is 24.8 Å². The number of nitrogens with zero attached hydrogens (tertiary/aromatic N) is 6. The summed E-state index contributed by atoms with van der Waals surface area (Å²) in [7, 11) is 2.06. The molecule has 0 aliphatic carbocycles. The number of hydrogen-bond donors (Lipinski definition) is 1. The van der Waals surface area contributed by atoms with Crippen molar-refractivity contribution in [3.63, 3.8) is 0 Å². The summed E-state index contributed by atoms with van der Waals surface area (Å²) in [5, 5.41) is 0.741. The number of amides is 1. The average Bonchev–Trinajstić information content (AvgIpc) is 3.57. The van der Waals surface area contributed by atoms with Crippen LogP contribution in [0.5, 0.6) is 6.01 Å². The van der Waals surface area contributed by atoms with E-state index in [4.69, 9.17) is 15.5 Å². The molecule has 6 rings (SSSR count). The Kier molecular flexibility index (Phi) is 7.20. The summed E-state index contributed by atoms with van der Waals surface area (Å²) in [6.07, 6.45) is 3.41. The predicted octanol–water partition coefficient (Wildman–Crippen LogP) is 4.38. The zero-order valence-electron chi connectivity index (χ0n) is 23.0. The molecule has 2 aromatic heterocycles. The van der Waals surface area contributed by atoms with E-state index in [1.54, 1.807) is 11.8 Å². The molecule has 4 heterocycles.